The maximum absolute atomic E-state index is 12.0. The third kappa shape index (κ3) is 7.07. The Bertz CT molecular complexity index is 849. The fourth-order valence-electron chi connectivity index (χ4n) is 2.53. The highest BCUT2D eigenvalue weighted by molar-refractivity contribution is 7.99. The van der Waals surface area contributed by atoms with Gasteiger partial charge in [0.25, 0.3) is 0 Å². The molecule has 5 nitrogen and oxygen atoms in total. The molecule has 2 N–H and O–H groups in total. The van der Waals surface area contributed by atoms with E-state index in [2.05, 4.69) is 0 Å². The van der Waals surface area contributed by atoms with Gasteiger partial charge in [0.2, 0.25) is 0 Å². The van der Waals surface area contributed by atoms with Crippen molar-refractivity contribution in [3.63, 3.8) is 0 Å². The summed E-state index contributed by atoms with van der Waals surface area (Å²) in [7, 11) is 1.33. The third-order valence-electron chi connectivity index (χ3n) is 4.48. The van der Waals surface area contributed by atoms with Crippen LogP contribution in [0.25, 0.3) is 6.08 Å². The summed E-state index contributed by atoms with van der Waals surface area (Å²) in [5.74, 6) is -0.196. The standard InChI is InChI=1S/C23H27NO4S/c1-23(2,21(24)22(26)27-3)29-16-19-12-8-7-11-18(19)13-14-20(25)28-15-17-9-5-4-6-10-17/h4-14,21H,15-16,24H2,1-3H3/b14-13+/t21-/m1/s1. The van der Waals surface area contributed by atoms with Gasteiger partial charge in [-0.2, -0.15) is 0 Å². The van der Waals surface area contributed by atoms with Crippen molar-refractivity contribution in [2.45, 2.75) is 37.0 Å². The number of hydrogen-bond acceptors (Lipinski definition) is 6. The van der Waals surface area contributed by atoms with E-state index >= 15 is 0 Å². The summed E-state index contributed by atoms with van der Waals surface area (Å²) in [6.07, 6.45) is 3.17. The minimum Gasteiger partial charge on any atom is -0.468 e. The van der Waals surface area contributed by atoms with E-state index in [1.165, 1.54) is 13.2 Å². The number of hydrogen-bond donors (Lipinski definition) is 1. The Hall–Kier alpha value is -2.57. The van der Waals surface area contributed by atoms with Crippen molar-refractivity contribution < 1.29 is 19.1 Å². The van der Waals surface area contributed by atoms with E-state index in [0.29, 0.717) is 5.75 Å². The maximum Gasteiger partial charge on any atom is 0.331 e. The Labute approximate surface area is 176 Å². The Morgan fingerprint density at radius 2 is 1.76 bits per heavy atom. The van der Waals surface area contributed by atoms with E-state index in [0.717, 1.165) is 16.7 Å². The number of esters is 2. The molecular weight excluding hydrogens is 386 g/mol. The van der Waals surface area contributed by atoms with Gasteiger partial charge in [-0.05, 0) is 36.6 Å². The second kappa shape index (κ2) is 10.8. The van der Waals surface area contributed by atoms with Crippen molar-refractivity contribution in [2.24, 2.45) is 5.73 Å². The predicted octanol–water partition coefficient (Wildman–Crippen LogP) is 3.96. The topological polar surface area (TPSA) is 78.6 Å². The first kappa shape index (κ1) is 22.7. The Balaban J connectivity index is 1.98. The quantitative estimate of drug-likeness (QED) is 0.495. The van der Waals surface area contributed by atoms with Crippen LogP contribution < -0.4 is 5.73 Å². The normalized spacial score (nSPS) is 12.6. The van der Waals surface area contributed by atoms with E-state index in [1.807, 2.05) is 68.4 Å². The molecule has 2 aromatic rings. The van der Waals surface area contributed by atoms with Crippen LogP contribution in [0.2, 0.25) is 0 Å². The Kier molecular flexibility index (Phi) is 8.49. The van der Waals surface area contributed by atoms with Crippen molar-refractivity contribution in [3.8, 4) is 0 Å². The van der Waals surface area contributed by atoms with Gasteiger partial charge in [0, 0.05) is 16.6 Å². The lowest BCUT2D eigenvalue weighted by Crippen LogP contribution is -2.47. The number of thioether (sulfide) groups is 1. The van der Waals surface area contributed by atoms with Gasteiger partial charge >= 0.3 is 11.9 Å². The molecule has 0 unspecified atom stereocenters. The molecule has 0 aliphatic rings. The minimum atomic E-state index is -0.729. The number of carbonyl (C=O) groups excluding carboxylic acids is 2. The van der Waals surface area contributed by atoms with Crippen LogP contribution in [-0.4, -0.2) is 29.8 Å². The van der Waals surface area contributed by atoms with Crippen molar-refractivity contribution >= 4 is 29.8 Å². The first-order valence-corrected chi connectivity index (χ1v) is 10.3. The zero-order valence-electron chi connectivity index (χ0n) is 17.0. The fraction of sp³-hybridized carbons (Fsp3) is 0.304. The highest BCUT2D eigenvalue weighted by atomic mass is 32.2. The van der Waals surface area contributed by atoms with Crippen molar-refractivity contribution in [3.05, 3.63) is 77.4 Å². The molecule has 6 heteroatoms. The van der Waals surface area contributed by atoms with Crippen molar-refractivity contribution in [1.82, 2.24) is 0 Å². The van der Waals surface area contributed by atoms with E-state index < -0.39 is 22.7 Å². The molecule has 0 fully saturated rings. The number of carbonyl (C=O) groups is 2. The molecule has 0 aromatic heterocycles. The van der Waals surface area contributed by atoms with Gasteiger partial charge < -0.3 is 15.2 Å². The van der Waals surface area contributed by atoms with E-state index in [4.69, 9.17) is 15.2 Å². The molecule has 0 saturated carbocycles. The molecule has 0 spiro atoms. The van der Waals surface area contributed by atoms with E-state index in [1.54, 1.807) is 17.8 Å². The van der Waals surface area contributed by atoms with E-state index in [-0.39, 0.29) is 6.61 Å². The van der Waals surface area contributed by atoms with Crippen LogP contribution in [-0.2, 0) is 31.4 Å². The molecule has 2 aromatic carbocycles. The predicted molar refractivity (Wildman–Crippen MR) is 117 cm³/mol. The smallest absolute Gasteiger partial charge is 0.331 e. The van der Waals surface area contributed by atoms with Gasteiger partial charge in [0.05, 0.1) is 7.11 Å². The summed E-state index contributed by atoms with van der Waals surface area (Å²) >= 11 is 1.56. The number of methoxy groups -OCH3 is 1. The van der Waals surface area contributed by atoms with Crippen LogP contribution in [0.15, 0.2) is 60.7 Å². The highest BCUT2D eigenvalue weighted by Gasteiger charge is 2.33. The molecule has 29 heavy (non-hydrogen) atoms. The Morgan fingerprint density at radius 3 is 2.45 bits per heavy atom. The maximum atomic E-state index is 12.0. The first-order chi connectivity index (χ1) is 13.8. The summed E-state index contributed by atoms with van der Waals surface area (Å²) in [5.41, 5.74) is 8.91. The van der Waals surface area contributed by atoms with Crippen LogP contribution in [0.3, 0.4) is 0 Å². The monoisotopic (exact) mass is 413 g/mol. The fourth-order valence-corrected chi connectivity index (χ4v) is 3.59. The molecule has 0 aliphatic carbocycles. The summed E-state index contributed by atoms with van der Waals surface area (Å²) in [6, 6.07) is 16.6. The largest absolute Gasteiger partial charge is 0.468 e. The molecule has 0 amide bonds. The number of nitrogens with two attached hydrogens (primary N) is 1. The molecule has 154 valence electrons. The lowest BCUT2D eigenvalue weighted by Gasteiger charge is -2.29. The molecule has 1 atom stereocenters. The van der Waals surface area contributed by atoms with Gasteiger partial charge in [0.15, 0.2) is 0 Å². The number of benzene rings is 2. The van der Waals surface area contributed by atoms with E-state index in [9.17, 15) is 9.59 Å². The van der Waals surface area contributed by atoms with Crippen molar-refractivity contribution in [1.29, 1.82) is 0 Å². The average molecular weight is 414 g/mol. The highest BCUT2D eigenvalue weighted by Crippen LogP contribution is 2.32. The third-order valence-corrected chi connectivity index (χ3v) is 5.94. The van der Waals surface area contributed by atoms with Crippen LogP contribution in [0.1, 0.15) is 30.5 Å². The van der Waals surface area contributed by atoms with Gasteiger partial charge in [-0.3, -0.25) is 4.79 Å². The SMILES string of the molecule is COC(=O)[C@@H](N)C(C)(C)SCc1ccccc1/C=C/C(=O)OCc1ccccc1. The second-order valence-electron chi connectivity index (χ2n) is 7.02. The summed E-state index contributed by atoms with van der Waals surface area (Å²) in [5, 5.41) is 0. The molecular formula is C23H27NO4S. The average Bonchev–Trinajstić information content (AvgIpc) is 2.75. The Morgan fingerprint density at radius 1 is 1.10 bits per heavy atom. The van der Waals surface area contributed by atoms with Gasteiger partial charge in [-0.1, -0.05) is 54.6 Å². The molecule has 2 rings (SSSR count). The van der Waals surface area contributed by atoms with Crippen LogP contribution in [0, 0.1) is 0 Å². The van der Waals surface area contributed by atoms with Gasteiger partial charge in [-0.15, -0.1) is 11.8 Å². The van der Waals surface area contributed by atoms with Gasteiger partial charge in [0.1, 0.15) is 12.6 Å². The summed E-state index contributed by atoms with van der Waals surface area (Å²) in [6.45, 7) is 4.07. The molecule has 0 aliphatic heterocycles. The lowest BCUT2D eigenvalue weighted by molar-refractivity contribution is -0.142. The van der Waals surface area contributed by atoms with Gasteiger partial charge in [-0.25, -0.2) is 4.79 Å². The zero-order chi connectivity index (χ0) is 21.3. The van der Waals surface area contributed by atoms with Crippen molar-refractivity contribution in [2.75, 3.05) is 7.11 Å². The minimum absolute atomic E-state index is 0.237. The first-order valence-electron chi connectivity index (χ1n) is 9.27. The van der Waals surface area contributed by atoms with Crippen LogP contribution in [0.5, 0.6) is 0 Å². The lowest BCUT2D eigenvalue weighted by atomic mass is 10.0. The summed E-state index contributed by atoms with van der Waals surface area (Å²) in [4.78, 5) is 23.8. The molecule has 0 radical (unpaired) electrons. The molecule has 0 heterocycles. The molecule has 0 saturated heterocycles. The van der Waals surface area contributed by atoms with Crippen LogP contribution >= 0.6 is 11.8 Å². The number of rotatable bonds is 9. The summed E-state index contributed by atoms with van der Waals surface area (Å²) < 4.78 is 9.53. The van der Waals surface area contributed by atoms with Crippen LogP contribution in [0.4, 0.5) is 0 Å². The molecule has 0 bridgehead atoms. The number of ether oxygens (including phenoxy) is 2. The zero-order valence-corrected chi connectivity index (χ0v) is 17.8. The second-order valence-corrected chi connectivity index (χ2v) is 8.65.